The number of hydrogen-bond donors (Lipinski definition) is 2. The highest BCUT2D eigenvalue weighted by Crippen LogP contribution is 2.39. The van der Waals surface area contributed by atoms with Crippen molar-refractivity contribution in [2.75, 3.05) is 6.54 Å². The van der Waals surface area contributed by atoms with Crippen LogP contribution in [0.1, 0.15) is 5.56 Å². The average Bonchev–Trinajstić information content (AvgIpc) is 3.13. The number of rotatable bonds is 7. The van der Waals surface area contributed by atoms with E-state index < -0.39 is 9.84 Å². The van der Waals surface area contributed by atoms with Crippen molar-refractivity contribution in [1.29, 1.82) is 0 Å². The molecule has 0 fully saturated rings. The van der Waals surface area contributed by atoms with Gasteiger partial charge in [-0.15, -0.1) is 11.8 Å². The zero-order chi connectivity index (χ0) is 21.1. The predicted octanol–water partition coefficient (Wildman–Crippen LogP) is 5.32. The predicted molar refractivity (Wildman–Crippen MR) is 124 cm³/mol. The van der Waals surface area contributed by atoms with Gasteiger partial charge in [0.1, 0.15) is 4.90 Å². The zero-order valence-corrected chi connectivity index (χ0v) is 18.5. The third-order valence-corrected chi connectivity index (χ3v) is 8.34. The van der Waals surface area contributed by atoms with Crippen LogP contribution in [-0.4, -0.2) is 25.2 Å². The Hall–Kier alpha value is -2.25. The lowest BCUT2D eigenvalue weighted by Gasteiger charge is -2.15. The molecule has 1 aromatic heterocycles. The molecular formula is C23H21ClN2O2S2. The number of halogens is 1. The molecule has 4 rings (SSSR count). The summed E-state index contributed by atoms with van der Waals surface area (Å²) < 4.78 is 27.1. The number of nitrogens with two attached hydrogens (primary N) is 1. The highest BCUT2D eigenvalue weighted by molar-refractivity contribution is 8.00. The third kappa shape index (κ3) is 4.27. The number of para-hydroxylation sites is 1. The molecule has 154 valence electrons. The average molecular weight is 457 g/mol. The molecule has 1 atom stereocenters. The molecule has 30 heavy (non-hydrogen) atoms. The van der Waals surface area contributed by atoms with Crippen LogP contribution in [0.25, 0.3) is 10.9 Å². The normalized spacial score (nSPS) is 12.9. The Kier molecular flexibility index (Phi) is 6.20. The number of nitrogens with one attached hydrogen (secondary N) is 1. The molecule has 0 amide bonds. The molecule has 0 saturated heterocycles. The second-order valence-corrected chi connectivity index (χ2v) is 10.6. The van der Waals surface area contributed by atoms with E-state index in [9.17, 15) is 8.42 Å². The van der Waals surface area contributed by atoms with Crippen molar-refractivity contribution in [2.45, 2.75) is 26.5 Å². The van der Waals surface area contributed by atoms with Crippen molar-refractivity contribution in [3.05, 3.63) is 89.4 Å². The fraction of sp³-hybridized carbons (Fsp3) is 0.130. The topological polar surface area (TPSA) is 76.0 Å². The van der Waals surface area contributed by atoms with Gasteiger partial charge in [-0.3, -0.25) is 0 Å². The molecule has 3 N–H and O–H groups in total. The fourth-order valence-electron chi connectivity index (χ4n) is 3.39. The van der Waals surface area contributed by atoms with Crippen LogP contribution < -0.4 is 5.73 Å². The van der Waals surface area contributed by atoms with Crippen molar-refractivity contribution >= 4 is 44.1 Å². The van der Waals surface area contributed by atoms with Gasteiger partial charge in [0, 0.05) is 27.7 Å². The van der Waals surface area contributed by atoms with Crippen molar-refractivity contribution in [3.63, 3.8) is 0 Å². The molecule has 1 unspecified atom stereocenters. The molecule has 0 saturated carbocycles. The number of aromatic amines is 1. The first-order chi connectivity index (χ1) is 14.5. The quantitative estimate of drug-likeness (QED) is 0.369. The number of thioether (sulfide) groups is 1. The second kappa shape index (κ2) is 8.86. The van der Waals surface area contributed by atoms with Crippen LogP contribution >= 0.6 is 23.4 Å². The number of benzene rings is 3. The molecule has 3 aromatic carbocycles. The number of sulfone groups is 1. The van der Waals surface area contributed by atoms with Crippen LogP contribution in [0.5, 0.6) is 0 Å². The van der Waals surface area contributed by atoms with Crippen LogP contribution in [0.2, 0.25) is 5.02 Å². The summed E-state index contributed by atoms with van der Waals surface area (Å²) in [5.41, 5.74) is 8.00. The number of aromatic nitrogens is 1. The van der Waals surface area contributed by atoms with E-state index in [1.807, 2.05) is 42.5 Å². The lowest BCUT2D eigenvalue weighted by Crippen LogP contribution is -2.19. The van der Waals surface area contributed by atoms with Crippen LogP contribution in [0.3, 0.4) is 0 Å². The van der Waals surface area contributed by atoms with Gasteiger partial charge < -0.3 is 10.7 Å². The van der Waals surface area contributed by atoms with Gasteiger partial charge in [0.25, 0.3) is 0 Å². The van der Waals surface area contributed by atoms with Crippen molar-refractivity contribution in [3.8, 4) is 0 Å². The molecule has 0 radical (unpaired) electrons. The Morgan fingerprint density at radius 2 is 1.60 bits per heavy atom. The van der Waals surface area contributed by atoms with Crippen LogP contribution in [0, 0.1) is 0 Å². The smallest absolute Gasteiger partial charge is 0.209 e. The summed E-state index contributed by atoms with van der Waals surface area (Å²) in [6.07, 6.45) is 0.748. The maximum absolute atomic E-state index is 13.6. The van der Waals surface area contributed by atoms with E-state index in [0.29, 0.717) is 22.0 Å². The first-order valence-corrected chi connectivity index (χ1v) is 12.2. The summed E-state index contributed by atoms with van der Waals surface area (Å²) in [6.45, 7) is 0.426. The number of H-pyrrole nitrogens is 1. The van der Waals surface area contributed by atoms with Crippen molar-refractivity contribution in [2.24, 2.45) is 5.73 Å². The van der Waals surface area contributed by atoms with E-state index in [-0.39, 0.29) is 15.0 Å². The Labute approximate surface area is 185 Å². The van der Waals surface area contributed by atoms with Crippen molar-refractivity contribution in [1.82, 2.24) is 4.98 Å². The van der Waals surface area contributed by atoms with Gasteiger partial charge >= 0.3 is 0 Å². The van der Waals surface area contributed by atoms with Gasteiger partial charge in [-0.1, -0.05) is 60.1 Å². The zero-order valence-electron chi connectivity index (χ0n) is 16.1. The van der Waals surface area contributed by atoms with E-state index in [2.05, 4.69) is 17.1 Å². The first kappa shape index (κ1) is 21.0. The van der Waals surface area contributed by atoms with Crippen LogP contribution in [-0.2, 0) is 16.3 Å². The Balaban J connectivity index is 1.77. The molecule has 0 aliphatic carbocycles. The maximum Gasteiger partial charge on any atom is 0.209 e. The molecule has 0 aliphatic rings. The van der Waals surface area contributed by atoms with E-state index in [4.69, 9.17) is 17.3 Å². The summed E-state index contributed by atoms with van der Waals surface area (Å²) in [7, 11) is -3.75. The van der Waals surface area contributed by atoms with Gasteiger partial charge in [0.2, 0.25) is 9.84 Å². The lowest BCUT2D eigenvalue weighted by molar-refractivity contribution is 0.595. The fourth-order valence-corrected chi connectivity index (χ4v) is 6.57. The largest absolute Gasteiger partial charge is 0.349 e. The molecule has 0 spiro atoms. The number of fused-ring (bicyclic) bond motifs is 1. The SMILES string of the molecule is NCC(Cc1ccccc1)Sc1[nH]c2ccccc2c1S(=O)(=O)c1ccc(Cl)cc1. The summed E-state index contributed by atoms with van der Waals surface area (Å²) in [6, 6.07) is 23.8. The Morgan fingerprint density at radius 3 is 2.30 bits per heavy atom. The van der Waals surface area contributed by atoms with E-state index in [1.54, 1.807) is 12.1 Å². The molecule has 0 bridgehead atoms. The summed E-state index contributed by atoms with van der Waals surface area (Å²) in [5.74, 6) is 0. The van der Waals surface area contributed by atoms with Crippen LogP contribution in [0.15, 0.2) is 93.7 Å². The minimum absolute atomic E-state index is 0.0274. The van der Waals surface area contributed by atoms with Crippen molar-refractivity contribution < 1.29 is 8.42 Å². The molecule has 1 heterocycles. The Bertz CT molecular complexity index is 1250. The minimum atomic E-state index is -3.75. The number of hydrogen-bond acceptors (Lipinski definition) is 4. The highest BCUT2D eigenvalue weighted by atomic mass is 35.5. The highest BCUT2D eigenvalue weighted by Gasteiger charge is 2.28. The first-order valence-electron chi connectivity index (χ1n) is 9.51. The molecular weight excluding hydrogens is 436 g/mol. The monoisotopic (exact) mass is 456 g/mol. The molecule has 4 aromatic rings. The Morgan fingerprint density at radius 1 is 0.933 bits per heavy atom. The van der Waals surface area contributed by atoms with Gasteiger partial charge in [0.15, 0.2) is 0 Å². The minimum Gasteiger partial charge on any atom is -0.349 e. The van der Waals surface area contributed by atoms with Gasteiger partial charge in [-0.2, -0.15) is 0 Å². The third-order valence-electron chi connectivity index (χ3n) is 4.87. The molecule has 7 heteroatoms. The van der Waals surface area contributed by atoms with Crippen LogP contribution in [0.4, 0.5) is 0 Å². The van der Waals surface area contributed by atoms with E-state index in [1.165, 1.54) is 29.5 Å². The second-order valence-electron chi connectivity index (χ2n) is 6.95. The molecule has 4 nitrogen and oxygen atoms in total. The van der Waals surface area contributed by atoms with Gasteiger partial charge in [0.05, 0.1) is 9.92 Å². The lowest BCUT2D eigenvalue weighted by atomic mass is 10.1. The standard InChI is InChI=1S/C23H21ClN2O2S2/c24-17-10-12-19(13-11-17)30(27,28)22-20-8-4-5-9-21(20)26-23(22)29-18(15-25)14-16-6-2-1-3-7-16/h1-13,18,26H,14-15,25H2. The summed E-state index contributed by atoms with van der Waals surface area (Å²) in [5, 5.41) is 1.80. The van der Waals surface area contributed by atoms with E-state index in [0.717, 1.165) is 11.9 Å². The van der Waals surface area contributed by atoms with Gasteiger partial charge in [-0.25, -0.2) is 8.42 Å². The summed E-state index contributed by atoms with van der Waals surface area (Å²) >= 11 is 7.43. The summed E-state index contributed by atoms with van der Waals surface area (Å²) in [4.78, 5) is 3.81. The maximum atomic E-state index is 13.6. The van der Waals surface area contributed by atoms with Gasteiger partial charge in [-0.05, 0) is 42.3 Å². The van der Waals surface area contributed by atoms with E-state index >= 15 is 0 Å². The molecule has 0 aliphatic heterocycles.